The first-order valence-corrected chi connectivity index (χ1v) is 11.0. The Balaban J connectivity index is 1.38. The van der Waals surface area contributed by atoms with Crippen LogP contribution in [0.1, 0.15) is 38.1 Å². The van der Waals surface area contributed by atoms with Crippen molar-refractivity contribution in [3.63, 3.8) is 0 Å². The first-order valence-electron chi connectivity index (χ1n) is 10.1. The number of benzene rings is 2. The maximum atomic E-state index is 13.5. The Morgan fingerprint density at radius 2 is 1.94 bits per heavy atom. The minimum absolute atomic E-state index is 0.0304. The van der Waals surface area contributed by atoms with E-state index in [1.54, 1.807) is 17.0 Å². The molecule has 4 aromatic rings. The molecule has 0 aliphatic carbocycles. The lowest BCUT2D eigenvalue weighted by Crippen LogP contribution is -2.48. The van der Waals surface area contributed by atoms with E-state index in [1.807, 2.05) is 43.3 Å². The van der Waals surface area contributed by atoms with Crippen LogP contribution in [0.4, 0.5) is 10.2 Å². The summed E-state index contributed by atoms with van der Waals surface area (Å²) in [5.41, 5.74) is 9.11. The molecule has 2 aromatic carbocycles. The molecule has 2 aromatic heterocycles. The van der Waals surface area contributed by atoms with E-state index in [9.17, 15) is 9.18 Å². The summed E-state index contributed by atoms with van der Waals surface area (Å²) in [4.78, 5) is 25.5. The third kappa shape index (κ3) is 3.65. The van der Waals surface area contributed by atoms with Gasteiger partial charge in [0.05, 0.1) is 10.3 Å². The highest BCUT2D eigenvalue weighted by molar-refractivity contribution is 7.20. The van der Waals surface area contributed by atoms with Gasteiger partial charge in [-0.05, 0) is 35.7 Å². The van der Waals surface area contributed by atoms with E-state index >= 15 is 0 Å². The zero-order chi connectivity index (χ0) is 21.5. The first-order chi connectivity index (χ1) is 15.0. The molecule has 1 amide bonds. The van der Waals surface area contributed by atoms with E-state index < -0.39 is 0 Å². The first kappa shape index (κ1) is 19.6. The lowest BCUT2D eigenvalue weighted by Gasteiger charge is -2.39. The predicted molar refractivity (Wildman–Crippen MR) is 121 cm³/mol. The molecular formula is C24H21FN4OS. The topological polar surface area (TPSA) is 72.1 Å². The van der Waals surface area contributed by atoms with Gasteiger partial charge in [0.2, 0.25) is 0 Å². The normalized spacial score (nSPS) is 14.1. The highest BCUT2D eigenvalue weighted by atomic mass is 32.1. The Hall–Kier alpha value is -3.32. The van der Waals surface area contributed by atoms with E-state index in [-0.39, 0.29) is 17.6 Å². The van der Waals surface area contributed by atoms with Crippen molar-refractivity contribution in [2.24, 2.45) is 0 Å². The van der Waals surface area contributed by atoms with Gasteiger partial charge in [0.15, 0.2) is 0 Å². The van der Waals surface area contributed by atoms with Crippen molar-refractivity contribution >= 4 is 33.3 Å². The summed E-state index contributed by atoms with van der Waals surface area (Å²) in [6, 6.07) is 16.6. The molecule has 0 saturated carbocycles. The van der Waals surface area contributed by atoms with Crippen molar-refractivity contribution in [3.05, 3.63) is 87.8 Å². The molecule has 0 unspecified atom stereocenters. The van der Waals surface area contributed by atoms with Gasteiger partial charge in [-0.2, -0.15) is 0 Å². The van der Waals surface area contributed by atoms with Crippen LogP contribution >= 0.6 is 11.3 Å². The number of carbonyl (C=O) groups is 1. The van der Waals surface area contributed by atoms with Crippen molar-refractivity contribution in [2.45, 2.75) is 19.3 Å². The number of amides is 1. The number of thiophene rings is 1. The van der Waals surface area contributed by atoms with E-state index in [0.29, 0.717) is 36.0 Å². The number of nitrogen functional groups attached to an aromatic ring is 1. The van der Waals surface area contributed by atoms with Crippen LogP contribution in [0.15, 0.2) is 54.6 Å². The monoisotopic (exact) mass is 432 g/mol. The molecule has 5 nitrogen and oxygen atoms in total. The quantitative estimate of drug-likeness (QED) is 0.513. The number of likely N-dealkylation sites (tertiary alicyclic amines) is 1. The Kier molecular flexibility index (Phi) is 4.90. The minimum atomic E-state index is -0.247. The zero-order valence-corrected chi connectivity index (χ0v) is 17.8. The van der Waals surface area contributed by atoms with Gasteiger partial charge in [0.1, 0.15) is 22.3 Å². The molecular weight excluding hydrogens is 411 g/mol. The number of carbonyl (C=O) groups excluding carboxylic acids is 1. The SMILES string of the molecule is Cc1c(C(=O)N2CC(c3cccc(F)c3)C2)sc2nc(Cc3ccccc3)nc(N)c12. The Labute approximate surface area is 183 Å². The molecule has 1 aliphatic heterocycles. The largest absolute Gasteiger partial charge is 0.383 e. The maximum absolute atomic E-state index is 13.5. The lowest BCUT2D eigenvalue weighted by atomic mass is 9.91. The van der Waals surface area contributed by atoms with E-state index in [1.165, 1.54) is 17.4 Å². The number of nitrogens with zero attached hydrogens (tertiary/aromatic N) is 3. The number of hydrogen-bond donors (Lipinski definition) is 1. The van der Waals surface area contributed by atoms with Gasteiger partial charge in [-0.25, -0.2) is 14.4 Å². The van der Waals surface area contributed by atoms with Gasteiger partial charge in [-0.1, -0.05) is 42.5 Å². The van der Waals surface area contributed by atoms with E-state index in [4.69, 9.17) is 5.73 Å². The van der Waals surface area contributed by atoms with Gasteiger partial charge < -0.3 is 10.6 Å². The molecule has 1 fully saturated rings. The average molecular weight is 433 g/mol. The van der Waals surface area contributed by atoms with Crippen LogP contribution in [0.2, 0.25) is 0 Å². The smallest absolute Gasteiger partial charge is 0.264 e. The highest BCUT2D eigenvalue weighted by Gasteiger charge is 2.34. The number of nitrogens with two attached hydrogens (primary N) is 1. The summed E-state index contributed by atoms with van der Waals surface area (Å²) in [5.74, 6) is 0.938. The highest BCUT2D eigenvalue weighted by Crippen LogP contribution is 2.36. The molecule has 0 spiro atoms. The van der Waals surface area contributed by atoms with E-state index in [2.05, 4.69) is 9.97 Å². The van der Waals surface area contributed by atoms with Crippen LogP contribution < -0.4 is 5.73 Å². The van der Waals surface area contributed by atoms with Crippen molar-refractivity contribution in [1.29, 1.82) is 0 Å². The third-order valence-electron chi connectivity index (χ3n) is 5.75. The second-order valence-corrected chi connectivity index (χ2v) is 8.88. The van der Waals surface area contributed by atoms with Crippen LogP contribution in [-0.2, 0) is 6.42 Å². The maximum Gasteiger partial charge on any atom is 0.264 e. The molecule has 31 heavy (non-hydrogen) atoms. The lowest BCUT2D eigenvalue weighted by molar-refractivity contribution is 0.0607. The number of halogens is 1. The van der Waals surface area contributed by atoms with Gasteiger partial charge in [-0.15, -0.1) is 11.3 Å². The van der Waals surface area contributed by atoms with Gasteiger partial charge in [0.25, 0.3) is 5.91 Å². The molecule has 0 bridgehead atoms. The van der Waals surface area contributed by atoms with Crippen molar-refractivity contribution in [2.75, 3.05) is 18.8 Å². The van der Waals surface area contributed by atoms with Crippen LogP contribution in [0.25, 0.3) is 10.2 Å². The average Bonchev–Trinajstić information content (AvgIpc) is 3.04. The van der Waals surface area contributed by atoms with E-state index in [0.717, 1.165) is 26.9 Å². The van der Waals surface area contributed by atoms with Crippen LogP contribution in [0.3, 0.4) is 0 Å². The molecule has 0 atom stereocenters. The molecule has 0 radical (unpaired) electrons. The summed E-state index contributed by atoms with van der Waals surface area (Å²) in [6.07, 6.45) is 0.586. The van der Waals surface area contributed by atoms with Crippen molar-refractivity contribution < 1.29 is 9.18 Å². The number of aromatic nitrogens is 2. The molecule has 2 N–H and O–H groups in total. The summed E-state index contributed by atoms with van der Waals surface area (Å²) in [7, 11) is 0. The third-order valence-corrected chi connectivity index (χ3v) is 6.93. The fourth-order valence-electron chi connectivity index (χ4n) is 4.04. The number of fused-ring (bicyclic) bond motifs is 1. The van der Waals surface area contributed by atoms with Crippen molar-refractivity contribution in [1.82, 2.24) is 14.9 Å². The number of rotatable bonds is 4. The summed E-state index contributed by atoms with van der Waals surface area (Å²) in [6.45, 7) is 3.05. The Bertz CT molecular complexity index is 1280. The minimum Gasteiger partial charge on any atom is -0.383 e. The van der Waals surface area contributed by atoms with Gasteiger partial charge in [-0.3, -0.25) is 4.79 Å². The number of hydrogen-bond acceptors (Lipinski definition) is 5. The second kappa shape index (κ2) is 7.74. The Morgan fingerprint density at radius 1 is 1.16 bits per heavy atom. The molecule has 5 rings (SSSR count). The number of aryl methyl sites for hydroxylation is 1. The molecule has 7 heteroatoms. The van der Waals surface area contributed by atoms with Gasteiger partial charge >= 0.3 is 0 Å². The summed E-state index contributed by atoms with van der Waals surface area (Å²) < 4.78 is 13.5. The molecule has 156 valence electrons. The molecule has 1 saturated heterocycles. The molecule has 1 aliphatic rings. The number of anilines is 1. The van der Waals surface area contributed by atoms with Gasteiger partial charge in [0, 0.05) is 25.4 Å². The fraction of sp³-hybridized carbons (Fsp3) is 0.208. The second-order valence-electron chi connectivity index (χ2n) is 7.89. The summed E-state index contributed by atoms with van der Waals surface area (Å²) in [5, 5.41) is 0.757. The zero-order valence-electron chi connectivity index (χ0n) is 17.0. The van der Waals surface area contributed by atoms with Crippen LogP contribution in [0, 0.1) is 12.7 Å². The van der Waals surface area contributed by atoms with Crippen LogP contribution in [-0.4, -0.2) is 33.9 Å². The standard InChI is InChI=1S/C24H21FN4OS/c1-14-20-22(26)27-19(10-15-6-3-2-4-7-15)28-23(20)31-21(14)24(30)29-12-17(13-29)16-8-5-9-18(25)11-16/h2-9,11,17H,10,12-13H2,1H3,(H2,26,27,28). The predicted octanol–water partition coefficient (Wildman–Crippen LogP) is 4.55. The van der Waals surface area contributed by atoms with Crippen molar-refractivity contribution in [3.8, 4) is 0 Å². The van der Waals surface area contributed by atoms with Crippen LogP contribution in [0.5, 0.6) is 0 Å². The Morgan fingerprint density at radius 3 is 2.68 bits per heavy atom. The molecule has 3 heterocycles. The summed E-state index contributed by atoms with van der Waals surface area (Å²) >= 11 is 1.37. The fourth-order valence-corrected chi connectivity index (χ4v) is 5.21.